The first-order valence-electron chi connectivity index (χ1n) is 6.68. The van der Waals surface area contributed by atoms with Gasteiger partial charge in [-0.1, -0.05) is 6.92 Å². The second kappa shape index (κ2) is 5.14. The summed E-state index contributed by atoms with van der Waals surface area (Å²) in [6.45, 7) is 4.70. The van der Waals surface area contributed by atoms with Crippen LogP contribution < -0.4 is 11.1 Å². The first-order valence-corrected chi connectivity index (χ1v) is 6.68. The number of hydrogen-bond acceptors (Lipinski definition) is 4. The average molecular weight is 249 g/mol. The van der Waals surface area contributed by atoms with Crippen LogP contribution in [0, 0.1) is 12.8 Å². The molecule has 1 aromatic heterocycles. The number of nitrogen functional groups attached to an aromatic ring is 1. The number of nitrogens with two attached hydrogens (primary N) is 1. The summed E-state index contributed by atoms with van der Waals surface area (Å²) < 4.78 is 0. The highest BCUT2D eigenvalue weighted by atomic mass is 16.3. The number of aryl methyl sites for hydroxylation is 1. The topological polar surface area (TPSA) is 71.2 Å². The molecule has 0 saturated heterocycles. The van der Waals surface area contributed by atoms with Gasteiger partial charge in [0.05, 0.1) is 11.3 Å². The summed E-state index contributed by atoms with van der Waals surface area (Å²) in [5.41, 5.74) is 6.82. The van der Waals surface area contributed by atoms with Gasteiger partial charge in [0, 0.05) is 12.2 Å². The summed E-state index contributed by atoms with van der Waals surface area (Å²) in [4.78, 5) is 4.36. The van der Waals surface area contributed by atoms with Crippen molar-refractivity contribution in [2.75, 3.05) is 17.6 Å². The Morgan fingerprint density at radius 2 is 2.11 bits per heavy atom. The lowest BCUT2D eigenvalue weighted by Gasteiger charge is -2.35. The Labute approximate surface area is 109 Å². The summed E-state index contributed by atoms with van der Waals surface area (Å²) in [6, 6.07) is 3.73. The van der Waals surface area contributed by atoms with Gasteiger partial charge in [-0.2, -0.15) is 0 Å². The van der Waals surface area contributed by atoms with Crippen LogP contribution in [0.1, 0.15) is 38.3 Å². The van der Waals surface area contributed by atoms with Crippen molar-refractivity contribution in [3.8, 4) is 0 Å². The lowest BCUT2D eigenvalue weighted by atomic mass is 9.79. The van der Waals surface area contributed by atoms with Crippen LogP contribution >= 0.6 is 0 Å². The third-order valence-electron chi connectivity index (χ3n) is 3.86. The molecule has 1 aliphatic carbocycles. The summed E-state index contributed by atoms with van der Waals surface area (Å²) >= 11 is 0. The van der Waals surface area contributed by atoms with E-state index >= 15 is 0 Å². The number of rotatable bonds is 3. The van der Waals surface area contributed by atoms with Crippen molar-refractivity contribution >= 4 is 11.5 Å². The quantitative estimate of drug-likeness (QED) is 0.769. The molecular formula is C14H23N3O. The van der Waals surface area contributed by atoms with Crippen LogP contribution in [0.2, 0.25) is 0 Å². The average Bonchev–Trinajstić information content (AvgIpc) is 2.35. The lowest BCUT2D eigenvalue weighted by Crippen LogP contribution is -2.40. The van der Waals surface area contributed by atoms with Gasteiger partial charge in [-0.25, -0.2) is 4.98 Å². The van der Waals surface area contributed by atoms with Gasteiger partial charge < -0.3 is 16.2 Å². The predicted octanol–water partition coefficient (Wildman–Crippen LogP) is 2.33. The third-order valence-corrected chi connectivity index (χ3v) is 3.86. The number of aromatic nitrogens is 1. The number of nitrogens with zero attached hydrogens (tertiary/aromatic N) is 1. The zero-order valence-electron chi connectivity index (χ0n) is 11.2. The highest BCUT2D eigenvalue weighted by Gasteiger charge is 2.31. The molecule has 0 aliphatic heterocycles. The van der Waals surface area contributed by atoms with E-state index in [0.717, 1.165) is 37.3 Å². The molecule has 2 rings (SSSR count). The fraction of sp³-hybridized carbons (Fsp3) is 0.643. The van der Waals surface area contributed by atoms with Gasteiger partial charge >= 0.3 is 0 Å². The molecule has 0 aromatic carbocycles. The molecule has 18 heavy (non-hydrogen) atoms. The second-order valence-corrected chi connectivity index (χ2v) is 5.65. The van der Waals surface area contributed by atoms with Crippen LogP contribution in [0.4, 0.5) is 11.5 Å². The van der Waals surface area contributed by atoms with Crippen LogP contribution in [0.5, 0.6) is 0 Å². The third kappa shape index (κ3) is 3.13. The number of anilines is 2. The van der Waals surface area contributed by atoms with Gasteiger partial charge in [0.25, 0.3) is 0 Å². The molecule has 4 N–H and O–H groups in total. The van der Waals surface area contributed by atoms with Crippen molar-refractivity contribution < 1.29 is 5.11 Å². The molecule has 1 fully saturated rings. The minimum Gasteiger partial charge on any atom is -0.396 e. The molecule has 0 unspecified atom stereocenters. The van der Waals surface area contributed by atoms with E-state index in [0.29, 0.717) is 18.1 Å². The molecule has 0 amide bonds. The van der Waals surface area contributed by atoms with Crippen LogP contribution in [0.15, 0.2) is 12.1 Å². The molecule has 1 heterocycles. The van der Waals surface area contributed by atoms with Gasteiger partial charge in [-0.05, 0) is 50.7 Å². The molecule has 4 nitrogen and oxygen atoms in total. The fourth-order valence-corrected chi connectivity index (χ4v) is 2.43. The lowest BCUT2D eigenvalue weighted by molar-refractivity contribution is 0.00496. The van der Waals surface area contributed by atoms with Crippen LogP contribution in [0.3, 0.4) is 0 Å². The van der Waals surface area contributed by atoms with Crippen molar-refractivity contribution in [1.82, 2.24) is 4.98 Å². The van der Waals surface area contributed by atoms with Crippen LogP contribution in [-0.2, 0) is 0 Å². The maximum atomic E-state index is 10.5. The molecule has 1 aromatic rings. The Kier molecular flexibility index (Phi) is 3.76. The molecule has 1 aliphatic rings. The Morgan fingerprint density at radius 3 is 2.78 bits per heavy atom. The first kappa shape index (κ1) is 13.1. The Bertz CT molecular complexity index is 412. The van der Waals surface area contributed by atoms with Gasteiger partial charge in [0.15, 0.2) is 0 Å². The largest absolute Gasteiger partial charge is 0.396 e. The Hall–Kier alpha value is -1.29. The highest BCUT2D eigenvalue weighted by molar-refractivity contribution is 5.61. The van der Waals surface area contributed by atoms with E-state index < -0.39 is 5.60 Å². The molecule has 0 radical (unpaired) electrons. The van der Waals surface area contributed by atoms with Crippen molar-refractivity contribution in [2.45, 2.75) is 45.1 Å². The normalized spacial score (nSPS) is 28.1. The summed E-state index contributed by atoms with van der Waals surface area (Å²) in [6.07, 6.45) is 3.89. The molecule has 0 spiro atoms. The summed E-state index contributed by atoms with van der Waals surface area (Å²) in [5, 5.41) is 13.7. The second-order valence-electron chi connectivity index (χ2n) is 5.65. The van der Waals surface area contributed by atoms with E-state index in [1.165, 1.54) is 0 Å². The molecule has 0 atom stereocenters. The minimum atomic E-state index is -0.607. The molecular weight excluding hydrogens is 226 g/mol. The van der Waals surface area contributed by atoms with E-state index in [2.05, 4.69) is 17.2 Å². The standard InChI is InChI=1S/C14H23N3O/c1-10-5-7-14(18,8-6-10)9-16-13-12(15)4-3-11(2)17-13/h3-4,10,18H,5-9,15H2,1-2H3,(H,16,17). The van der Waals surface area contributed by atoms with Crippen LogP contribution in [0.25, 0.3) is 0 Å². The molecule has 100 valence electrons. The maximum Gasteiger partial charge on any atom is 0.149 e. The van der Waals surface area contributed by atoms with Gasteiger partial charge in [-0.3, -0.25) is 0 Å². The van der Waals surface area contributed by atoms with E-state index in [1.54, 1.807) is 0 Å². The van der Waals surface area contributed by atoms with Crippen molar-refractivity contribution in [1.29, 1.82) is 0 Å². The Morgan fingerprint density at radius 1 is 1.44 bits per heavy atom. The van der Waals surface area contributed by atoms with E-state index in [4.69, 9.17) is 5.73 Å². The Balaban J connectivity index is 1.96. The van der Waals surface area contributed by atoms with E-state index in [1.807, 2.05) is 19.1 Å². The number of aliphatic hydroxyl groups is 1. The predicted molar refractivity (Wildman–Crippen MR) is 74.5 cm³/mol. The van der Waals surface area contributed by atoms with Crippen molar-refractivity contribution in [3.05, 3.63) is 17.8 Å². The monoisotopic (exact) mass is 249 g/mol. The molecule has 1 saturated carbocycles. The molecule has 4 heteroatoms. The highest BCUT2D eigenvalue weighted by Crippen LogP contribution is 2.32. The first-order chi connectivity index (χ1) is 8.48. The van der Waals surface area contributed by atoms with Crippen molar-refractivity contribution in [3.63, 3.8) is 0 Å². The van der Waals surface area contributed by atoms with Gasteiger partial charge in [0.1, 0.15) is 5.82 Å². The maximum absolute atomic E-state index is 10.5. The number of hydrogen-bond donors (Lipinski definition) is 3. The zero-order chi connectivity index (χ0) is 13.2. The number of pyridine rings is 1. The van der Waals surface area contributed by atoms with Crippen LogP contribution in [-0.4, -0.2) is 22.2 Å². The number of nitrogens with one attached hydrogen (secondary N) is 1. The fourth-order valence-electron chi connectivity index (χ4n) is 2.43. The minimum absolute atomic E-state index is 0.528. The van der Waals surface area contributed by atoms with Crippen molar-refractivity contribution in [2.24, 2.45) is 5.92 Å². The molecule has 0 bridgehead atoms. The zero-order valence-corrected chi connectivity index (χ0v) is 11.2. The van der Waals surface area contributed by atoms with Gasteiger partial charge in [-0.15, -0.1) is 0 Å². The summed E-state index contributed by atoms with van der Waals surface area (Å²) in [5.74, 6) is 1.41. The van der Waals surface area contributed by atoms with E-state index in [9.17, 15) is 5.11 Å². The smallest absolute Gasteiger partial charge is 0.149 e. The van der Waals surface area contributed by atoms with E-state index in [-0.39, 0.29) is 0 Å². The van der Waals surface area contributed by atoms with Gasteiger partial charge in [0.2, 0.25) is 0 Å². The summed E-state index contributed by atoms with van der Waals surface area (Å²) in [7, 11) is 0. The SMILES string of the molecule is Cc1ccc(N)c(NCC2(O)CCC(C)CC2)n1.